The highest BCUT2D eigenvalue weighted by Gasteiger charge is 2.52. The monoisotopic (exact) mass is 698 g/mol. The van der Waals surface area contributed by atoms with Crippen molar-refractivity contribution in [2.45, 2.75) is 84.6 Å². The van der Waals surface area contributed by atoms with Gasteiger partial charge in [-0.25, -0.2) is 8.42 Å². The predicted octanol–water partition coefficient (Wildman–Crippen LogP) is 9.25. The molecular weight excluding hydrogens is 651 g/mol. The van der Waals surface area contributed by atoms with Gasteiger partial charge < -0.3 is 10.2 Å². The van der Waals surface area contributed by atoms with Crippen LogP contribution < -0.4 is 5.32 Å². The van der Waals surface area contributed by atoms with Crippen LogP contribution in [0.2, 0.25) is 10.0 Å². The molecule has 0 spiro atoms. The summed E-state index contributed by atoms with van der Waals surface area (Å²) in [6, 6.07) is 21.7. The van der Waals surface area contributed by atoms with Crippen LogP contribution in [0.5, 0.6) is 0 Å². The first-order chi connectivity index (χ1) is 22.0. The standard InChI is InChI=1S/C38H48Cl2N2O4S/c1-24(2)34(23-47(45,46)26(5)6)42-35(27-11-15-30(39)16-12-27)33(29-9-8-10-31(40)21-29)22-38(7,37(42)44)19-20-41-32-17-13-28(14-18-32)36(43)25(3)4/h8-18,21,24-26,33-35,41H,19-20,22-23H2,1-7H3/t33-,34-,35-,38+/m1/s1. The molecule has 4 atom stereocenters. The van der Waals surface area contributed by atoms with Crippen LogP contribution in [0.4, 0.5) is 5.69 Å². The molecule has 0 unspecified atom stereocenters. The van der Waals surface area contributed by atoms with E-state index in [-0.39, 0.29) is 35.2 Å². The molecule has 1 heterocycles. The predicted molar refractivity (Wildman–Crippen MR) is 194 cm³/mol. The van der Waals surface area contributed by atoms with Gasteiger partial charge in [-0.15, -0.1) is 0 Å². The number of amides is 1. The Labute approximate surface area is 291 Å². The molecule has 47 heavy (non-hydrogen) atoms. The fourth-order valence-electron chi connectivity index (χ4n) is 6.57. The normalized spacial score (nSPS) is 21.0. The van der Waals surface area contributed by atoms with Crippen molar-refractivity contribution >= 4 is 50.4 Å². The zero-order chi connectivity index (χ0) is 34.7. The number of rotatable bonds is 13. The van der Waals surface area contributed by atoms with Crippen molar-refractivity contribution in [3.05, 3.63) is 99.5 Å². The van der Waals surface area contributed by atoms with Gasteiger partial charge >= 0.3 is 0 Å². The molecule has 254 valence electrons. The Morgan fingerprint density at radius 3 is 2.11 bits per heavy atom. The lowest BCUT2D eigenvalue weighted by atomic mass is 9.66. The van der Waals surface area contributed by atoms with Crippen LogP contribution in [0.25, 0.3) is 0 Å². The zero-order valence-electron chi connectivity index (χ0n) is 28.5. The first-order valence-electron chi connectivity index (χ1n) is 16.5. The Hall–Kier alpha value is -2.87. The van der Waals surface area contributed by atoms with E-state index in [0.29, 0.717) is 35.0 Å². The van der Waals surface area contributed by atoms with E-state index in [1.165, 1.54) is 0 Å². The molecule has 1 saturated heterocycles. The average molecular weight is 700 g/mol. The first-order valence-corrected chi connectivity index (χ1v) is 18.9. The first kappa shape index (κ1) is 37.0. The Morgan fingerprint density at radius 2 is 1.55 bits per heavy atom. The second kappa shape index (κ2) is 15.1. The molecule has 1 fully saturated rings. The SMILES string of the molecule is CC(C)C(=O)c1ccc(NCC[C@@]2(C)C[C@H](c3cccc(Cl)c3)[C@@H](c3ccc(Cl)cc3)N([C@H](CS(=O)(=O)C(C)C)C(C)C)C2=O)cc1. The number of carbonyl (C=O) groups is 2. The number of carbonyl (C=O) groups excluding carboxylic acids is 2. The molecule has 3 aromatic rings. The van der Waals surface area contributed by atoms with Crippen LogP contribution in [0.15, 0.2) is 72.8 Å². The highest BCUT2D eigenvalue weighted by Crippen LogP contribution is 2.52. The minimum Gasteiger partial charge on any atom is -0.385 e. The van der Waals surface area contributed by atoms with Gasteiger partial charge in [0.2, 0.25) is 5.91 Å². The van der Waals surface area contributed by atoms with Gasteiger partial charge in [0.1, 0.15) is 0 Å². The molecule has 0 radical (unpaired) electrons. The molecule has 9 heteroatoms. The Balaban J connectivity index is 1.77. The average Bonchev–Trinajstić information content (AvgIpc) is 3.01. The molecule has 4 rings (SSSR count). The van der Waals surface area contributed by atoms with Gasteiger partial charge in [-0.05, 0) is 92.3 Å². The molecule has 1 N–H and O–H groups in total. The van der Waals surface area contributed by atoms with Crippen LogP contribution in [-0.4, -0.2) is 48.6 Å². The van der Waals surface area contributed by atoms with Gasteiger partial charge in [0.15, 0.2) is 15.6 Å². The van der Waals surface area contributed by atoms with Crippen LogP contribution in [0, 0.1) is 17.3 Å². The number of likely N-dealkylation sites (tertiary alicyclic amines) is 1. The van der Waals surface area contributed by atoms with Gasteiger partial charge in [0.25, 0.3) is 0 Å². The van der Waals surface area contributed by atoms with Crippen molar-refractivity contribution in [2.75, 3.05) is 17.6 Å². The largest absolute Gasteiger partial charge is 0.385 e. The molecule has 3 aromatic carbocycles. The highest BCUT2D eigenvalue weighted by atomic mass is 35.5. The molecule has 1 aliphatic heterocycles. The van der Waals surface area contributed by atoms with Gasteiger partial charge in [-0.3, -0.25) is 9.59 Å². The van der Waals surface area contributed by atoms with Gasteiger partial charge in [-0.1, -0.05) is 82.1 Å². The minimum absolute atomic E-state index is 0.0620. The number of halogens is 2. The number of hydrogen-bond acceptors (Lipinski definition) is 5. The summed E-state index contributed by atoms with van der Waals surface area (Å²) < 4.78 is 26.9. The fourth-order valence-corrected chi connectivity index (χ4v) is 8.30. The van der Waals surface area contributed by atoms with Gasteiger partial charge in [0, 0.05) is 51.1 Å². The van der Waals surface area contributed by atoms with Crippen molar-refractivity contribution in [3.63, 3.8) is 0 Å². The molecule has 0 bridgehead atoms. The van der Waals surface area contributed by atoms with E-state index in [2.05, 4.69) is 5.32 Å². The summed E-state index contributed by atoms with van der Waals surface area (Å²) in [7, 11) is -3.49. The van der Waals surface area contributed by atoms with Crippen LogP contribution >= 0.6 is 23.2 Å². The Bertz CT molecular complexity index is 1660. The molecule has 1 amide bonds. The lowest BCUT2D eigenvalue weighted by Crippen LogP contribution is -2.59. The lowest BCUT2D eigenvalue weighted by molar-refractivity contribution is -0.155. The number of piperidine rings is 1. The van der Waals surface area contributed by atoms with Crippen molar-refractivity contribution in [3.8, 4) is 0 Å². The molecule has 0 saturated carbocycles. The summed E-state index contributed by atoms with van der Waals surface area (Å²) in [5.74, 6) is -0.470. The third kappa shape index (κ3) is 8.60. The Morgan fingerprint density at radius 1 is 0.915 bits per heavy atom. The smallest absolute Gasteiger partial charge is 0.229 e. The molecular formula is C38H48Cl2N2O4S. The minimum atomic E-state index is -3.49. The zero-order valence-corrected chi connectivity index (χ0v) is 30.8. The number of ketones is 1. The number of anilines is 1. The van der Waals surface area contributed by atoms with E-state index in [0.717, 1.165) is 16.8 Å². The summed E-state index contributed by atoms with van der Waals surface area (Å²) in [6.45, 7) is 13.6. The molecule has 0 aromatic heterocycles. The van der Waals surface area contributed by atoms with Crippen LogP contribution in [0.3, 0.4) is 0 Å². The third-order valence-electron chi connectivity index (χ3n) is 9.54. The maximum absolute atomic E-state index is 15.0. The van der Waals surface area contributed by atoms with E-state index < -0.39 is 32.6 Å². The number of hydrogen-bond donors (Lipinski definition) is 1. The van der Waals surface area contributed by atoms with E-state index in [4.69, 9.17) is 23.2 Å². The van der Waals surface area contributed by atoms with Crippen molar-refractivity contribution in [1.82, 2.24) is 4.90 Å². The summed E-state index contributed by atoms with van der Waals surface area (Å²) in [4.78, 5) is 29.3. The van der Waals surface area contributed by atoms with E-state index in [1.807, 2.05) is 112 Å². The number of nitrogens with one attached hydrogen (secondary N) is 1. The summed E-state index contributed by atoms with van der Waals surface area (Å²) >= 11 is 12.9. The number of Topliss-reactive ketones (excluding diaryl/α,β-unsaturated/α-hetero) is 1. The summed E-state index contributed by atoms with van der Waals surface area (Å²) in [5, 5.41) is 4.07. The highest BCUT2D eigenvalue weighted by molar-refractivity contribution is 7.92. The molecule has 0 aliphatic carbocycles. The fraction of sp³-hybridized carbons (Fsp3) is 0.474. The molecule has 6 nitrogen and oxygen atoms in total. The van der Waals surface area contributed by atoms with Crippen LogP contribution in [0.1, 0.15) is 94.8 Å². The van der Waals surface area contributed by atoms with E-state index in [9.17, 15) is 18.0 Å². The maximum atomic E-state index is 15.0. The molecule has 1 aliphatic rings. The summed E-state index contributed by atoms with van der Waals surface area (Å²) in [5.41, 5.74) is 2.61. The number of benzene rings is 3. The second-order valence-electron chi connectivity index (χ2n) is 14.1. The quantitative estimate of drug-likeness (QED) is 0.180. The van der Waals surface area contributed by atoms with Crippen molar-refractivity contribution in [2.24, 2.45) is 17.3 Å². The lowest BCUT2D eigenvalue weighted by Gasteiger charge is -2.53. The number of sulfone groups is 1. The topological polar surface area (TPSA) is 83.6 Å². The second-order valence-corrected chi connectivity index (χ2v) is 17.6. The third-order valence-corrected chi connectivity index (χ3v) is 12.3. The maximum Gasteiger partial charge on any atom is 0.229 e. The van der Waals surface area contributed by atoms with Gasteiger partial charge in [-0.2, -0.15) is 0 Å². The summed E-state index contributed by atoms with van der Waals surface area (Å²) in [6.07, 6.45) is 1.06. The number of nitrogens with zero attached hydrogens (tertiary/aromatic N) is 1. The van der Waals surface area contributed by atoms with Crippen molar-refractivity contribution < 1.29 is 18.0 Å². The van der Waals surface area contributed by atoms with E-state index in [1.54, 1.807) is 13.8 Å². The van der Waals surface area contributed by atoms with E-state index >= 15 is 0 Å². The Kier molecular flexibility index (Phi) is 11.9. The van der Waals surface area contributed by atoms with Crippen molar-refractivity contribution in [1.29, 1.82) is 0 Å². The van der Waals surface area contributed by atoms with Gasteiger partial charge in [0.05, 0.1) is 17.0 Å². The van der Waals surface area contributed by atoms with Crippen LogP contribution in [-0.2, 0) is 14.6 Å².